The van der Waals surface area contributed by atoms with Crippen molar-refractivity contribution in [1.82, 2.24) is 10.2 Å². The molecule has 0 bridgehead atoms. The van der Waals surface area contributed by atoms with Crippen LogP contribution >= 0.6 is 0 Å². The molecule has 0 spiro atoms. The van der Waals surface area contributed by atoms with Crippen molar-refractivity contribution in [1.29, 1.82) is 0 Å². The molecule has 2 aliphatic rings. The first kappa shape index (κ1) is 21.1. The first-order valence-corrected chi connectivity index (χ1v) is 10.4. The van der Waals surface area contributed by atoms with E-state index in [-0.39, 0.29) is 17.4 Å². The molecule has 1 aromatic rings. The lowest BCUT2D eigenvalue weighted by atomic mass is 9.83. The van der Waals surface area contributed by atoms with Gasteiger partial charge >= 0.3 is 0 Å². The van der Waals surface area contributed by atoms with E-state index in [1.807, 2.05) is 12.1 Å². The third-order valence-corrected chi connectivity index (χ3v) is 6.12. The summed E-state index contributed by atoms with van der Waals surface area (Å²) < 4.78 is 16.1. The number of nitrogens with zero attached hydrogens (tertiary/aromatic N) is 1. The second-order valence-corrected chi connectivity index (χ2v) is 8.03. The molecule has 1 aromatic carbocycles. The Hall–Kier alpha value is -1.63. The largest absolute Gasteiger partial charge is 0.497 e. The highest BCUT2D eigenvalue weighted by molar-refractivity contribution is 5.79. The summed E-state index contributed by atoms with van der Waals surface area (Å²) >= 11 is 0. The average molecular weight is 391 g/mol. The number of hydrogen-bond acceptors (Lipinski definition) is 5. The van der Waals surface area contributed by atoms with Gasteiger partial charge in [-0.3, -0.25) is 9.69 Å². The predicted octanol–water partition coefficient (Wildman–Crippen LogP) is 2.61. The Morgan fingerprint density at radius 2 is 2.00 bits per heavy atom. The summed E-state index contributed by atoms with van der Waals surface area (Å²) in [4.78, 5) is 15.3. The zero-order valence-corrected chi connectivity index (χ0v) is 17.2. The van der Waals surface area contributed by atoms with E-state index < -0.39 is 0 Å². The summed E-state index contributed by atoms with van der Waals surface area (Å²) in [5.74, 6) is 1.18. The Balaban J connectivity index is 1.57. The number of ether oxygens (including phenoxy) is 3. The highest BCUT2D eigenvalue weighted by Crippen LogP contribution is 2.29. The SMILES string of the molecule is COCCC1(NC(=O)C2CCOCC2)CCN(Cc2cccc(OC)c2)CC1. The van der Waals surface area contributed by atoms with E-state index in [4.69, 9.17) is 14.2 Å². The van der Waals surface area contributed by atoms with Gasteiger partial charge in [0.05, 0.1) is 7.11 Å². The van der Waals surface area contributed by atoms with Gasteiger partial charge in [0.25, 0.3) is 0 Å². The fraction of sp³-hybridized carbons (Fsp3) is 0.682. The van der Waals surface area contributed by atoms with Crippen LogP contribution in [-0.4, -0.2) is 63.5 Å². The van der Waals surface area contributed by atoms with Crippen molar-refractivity contribution in [3.05, 3.63) is 29.8 Å². The van der Waals surface area contributed by atoms with Gasteiger partial charge in [0.15, 0.2) is 0 Å². The normalized spacial score (nSPS) is 20.6. The molecule has 0 unspecified atom stereocenters. The van der Waals surface area contributed by atoms with Gasteiger partial charge in [0.2, 0.25) is 5.91 Å². The van der Waals surface area contributed by atoms with E-state index in [1.165, 1.54) is 5.56 Å². The topological polar surface area (TPSA) is 60.0 Å². The van der Waals surface area contributed by atoms with Gasteiger partial charge < -0.3 is 19.5 Å². The quantitative estimate of drug-likeness (QED) is 0.739. The maximum atomic E-state index is 12.8. The molecule has 0 aliphatic carbocycles. The first-order valence-electron chi connectivity index (χ1n) is 10.4. The predicted molar refractivity (Wildman–Crippen MR) is 108 cm³/mol. The minimum Gasteiger partial charge on any atom is -0.497 e. The maximum absolute atomic E-state index is 12.8. The zero-order valence-electron chi connectivity index (χ0n) is 17.2. The van der Waals surface area contributed by atoms with E-state index in [0.29, 0.717) is 19.8 Å². The number of rotatable bonds is 8. The number of hydrogen-bond donors (Lipinski definition) is 1. The number of amides is 1. The Morgan fingerprint density at radius 1 is 1.25 bits per heavy atom. The summed E-state index contributed by atoms with van der Waals surface area (Å²) in [7, 11) is 3.43. The maximum Gasteiger partial charge on any atom is 0.223 e. The molecule has 2 saturated heterocycles. The summed E-state index contributed by atoms with van der Waals surface area (Å²) in [5, 5.41) is 3.42. The smallest absolute Gasteiger partial charge is 0.223 e. The van der Waals surface area contributed by atoms with Crippen LogP contribution in [0.15, 0.2) is 24.3 Å². The molecular formula is C22H34N2O4. The van der Waals surface area contributed by atoms with Gasteiger partial charge in [-0.25, -0.2) is 0 Å². The van der Waals surface area contributed by atoms with Crippen LogP contribution in [0.25, 0.3) is 0 Å². The fourth-order valence-electron chi connectivity index (χ4n) is 4.23. The number of carbonyl (C=O) groups excluding carboxylic acids is 1. The van der Waals surface area contributed by atoms with Crippen molar-refractivity contribution in [2.24, 2.45) is 5.92 Å². The monoisotopic (exact) mass is 390 g/mol. The van der Waals surface area contributed by atoms with Gasteiger partial charge in [-0.15, -0.1) is 0 Å². The van der Waals surface area contributed by atoms with Crippen LogP contribution in [0.3, 0.4) is 0 Å². The highest BCUT2D eigenvalue weighted by atomic mass is 16.5. The third-order valence-electron chi connectivity index (χ3n) is 6.12. The summed E-state index contributed by atoms with van der Waals surface area (Å²) in [6.45, 7) is 4.90. The summed E-state index contributed by atoms with van der Waals surface area (Å²) in [6.07, 6.45) is 4.43. The molecule has 0 aromatic heterocycles. The van der Waals surface area contributed by atoms with Gasteiger partial charge in [0, 0.05) is 58.0 Å². The molecule has 1 amide bonds. The lowest BCUT2D eigenvalue weighted by Gasteiger charge is -2.43. The van der Waals surface area contributed by atoms with E-state index >= 15 is 0 Å². The average Bonchev–Trinajstić information content (AvgIpc) is 2.75. The van der Waals surface area contributed by atoms with Crippen molar-refractivity contribution in [3.8, 4) is 5.75 Å². The Bertz CT molecular complexity index is 623. The van der Waals surface area contributed by atoms with Crippen LogP contribution in [0.1, 0.15) is 37.7 Å². The van der Waals surface area contributed by atoms with Gasteiger partial charge in [0.1, 0.15) is 5.75 Å². The number of likely N-dealkylation sites (tertiary alicyclic amines) is 1. The molecule has 2 heterocycles. The molecular weight excluding hydrogens is 356 g/mol. The minimum atomic E-state index is -0.156. The van der Waals surface area contributed by atoms with Gasteiger partial charge in [-0.05, 0) is 49.8 Å². The molecule has 2 fully saturated rings. The lowest BCUT2D eigenvalue weighted by Crippen LogP contribution is -2.57. The summed E-state index contributed by atoms with van der Waals surface area (Å²) in [6, 6.07) is 8.25. The third kappa shape index (κ3) is 5.69. The first-order chi connectivity index (χ1) is 13.6. The molecule has 0 radical (unpaired) electrons. The number of methoxy groups -OCH3 is 2. The number of nitrogens with one attached hydrogen (secondary N) is 1. The van der Waals surface area contributed by atoms with Gasteiger partial charge in [-0.1, -0.05) is 12.1 Å². The van der Waals surface area contributed by atoms with E-state index in [2.05, 4.69) is 22.3 Å². The Labute approximate surface area is 168 Å². The Kier molecular flexibility index (Phi) is 7.71. The van der Waals surface area contributed by atoms with Crippen molar-refractivity contribution >= 4 is 5.91 Å². The van der Waals surface area contributed by atoms with Crippen molar-refractivity contribution < 1.29 is 19.0 Å². The van der Waals surface area contributed by atoms with Gasteiger partial charge in [-0.2, -0.15) is 0 Å². The number of piperidine rings is 1. The van der Waals surface area contributed by atoms with E-state index in [1.54, 1.807) is 14.2 Å². The molecule has 2 aliphatic heterocycles. The molecule has 6 nitrogen and oxygen atoms in total. The van der Waals surface area contributed by atoms with Crippen LogP contribution in [0.5, 0.6) is 5.75 Å². The fourth-order valence-corrected chi connectivity index (χ4v) is 4.23. The number of benzene rings is 1. The highest BCUT2D eigenvalue weighted by Gasteiger charge is 2.37. The molecule has 156 valence electrons. The van der Waals surface area contributed by atoms with Crippen molar-refractivity contribution in [3.63, 3.8) is 0 Å². The van der Waals surface area contributed by atoms with E-state index in [9.17, 15) is 4.79 Å². The zero-order chi connectivity index (χ0) is 19.8. The molecule has 3 rings (SSSR count). The van der Waals surface area contributed by atoms with Crippen LogP contribution in [0.2, 0.25) is 0 Å². The lowest BCUT2D eigenvalue weighted by molar-refractivity contribution is -0.130. The Morgan fingerprint density at radius 3 is 2.68 bits per heavy atom. The second-order valence-electron chi connectivity index (χ2n) is 8.03. The number of carbonyl (C=O) groups is 1. The molecule has 1 N–H and O–H groups in total. The molecule has 28 heavy (non-hydrogen) atoms. The van der Waals surface area contributed by atoms with Crippen LogP contribution in [-0.2, 0) is 20.8 Å². The molecule has 6 heteroatoms. The van der Waals surface area contributed by atoms with Crippen molar-refractivity contribution in [2.45, 2.75) is 44.2 Å². The molecule has 0 atom stereocenters. The van der Waals surface area contributed by atoms with Crippen LogP contribution < -0.4 is 10.1 Å². The summed E-state index contributed by atoms with van der Waals surface area (Å²) in [5.41, 5.74) is 1.10. The second kappa shape index (κ2) is 10.2. The van der Waals surface area contributed by atoms with Crippen LogP contribution in [0, 0.1) is 5.92 Å². The minimum absolute atomic E-state index is 0.0861. The van der Waals surface area contributed by atoms with Crippen LogP contribution in [0.4, 0.5) is 0 Å². The van der Waals surface area contributed by atoms with E-state index in [0.717, 1.165) is 57.5 Å². The standard InChI is InChI=1S/C22H34N2O4/c1-26-15-10-22(23-21(25)19-6-13-28-14-7-19)8-11-24(12-9-22)17-18-4-3-5-20(16-18)27-2/h3-5,16,19H,6-15,17H2,1-2H3,(H,23,25). The molecule has 0 saturated carbocycles. The van der Waals surface area contributed by atoms with Crippen molar-refractivity contribution in [2.75, 3.05) is 47.1 Å².